The van der Waals surface area contributed by atoms with Crippen LogP contribution < -0.4 is 5.32 Å². The van der Waals surface area contributed by atoms with Crippen LogP contribution in [0.4, 0.5) is 13.2 Å². The summed E-state index contributed by atoms with van der Waals surface area (Å²) in [5.74, 6) is -4.13. The molecule has 0 aliphatic carbocycles. The Hall–Kier alpha value is -2.21. The van der Waals surface area contributed by atoms with E-state index >= 15 is 0 Å². The van der Waals surface area contributed by atoms with Crippen molar-refractivity contribution in [1.29, 1.82) is 0 Å². The summed E-state index contributed by atoms with van der Waals surface area (Å²) in [4.78, 5) is 45.1. The number of halogens is 3. The van der Waals surface area contributed by atoms with E-state index in [0.29, 0.717) is 12.8 Å². The van der Waals surface area contributed by atoms with E-state index in [1.807, 2.05) is 0 Å². The van der Waals surface area contributed by atoms with Crippen molar-refractivity contribution in [1.82, 2.24) is 5.32 Å². The maximum Gasteiger partial charge on any atom is 0.471 e. The lowest BCUT2D eigenvalue weighted by Crippen LogP contribution is -2.57. The zero-order chi connectivity index (χ0) is 21.9. The fourth-order valence-corrected chi connectivity index (χ4v) is 1.98. The first-order chi connectivity index (χ1) is 13.0. The van der Waals surface area contributed by atoms with E-state index in [1.165, 1.54) is 5.32 Å². The lowest BCUT2D eigenvalue weighted by Gasteiger charge is -2.30. The standard InChI is InChI=1S/C16H24F3NO8/c1-3-5-11(23)27-8-10(22)14(28-12(24)6-4-2)13(25)9(7-21)20-15(26)16(17,18)19/h7,9-10,13-14,22,25H,3-6,8H2,1-2H3,(H,20,26)/t9-,10+,13+,14+/m0/s1. The Morgan fingerprint density at radius 3 is 2.07 bits per heavy atom. The van der Waals surface area contributed by atoms with Crippen molar-refractivity contribution in [2.45, 2.75) is 70.1 Å². The third-order valence-corrected chi connectivity index (χ3v) is 3.38. The van der Waals surface area contributed by atoms with Gasteiger partial charge in [-0.2, -0.15) is 13.2 Å². The van der Waals surface area contributed by atoms with E-state index in [4.69, 9.17) is 9.47 Å². The summed E-state index contributed by atoms with van der Waals surface area (Å²) in [7, 11) is 0. The highest BCUT2D eigenvalue weighted by molar-refractivity contribution is 5.84. The molecule has 0 heterocycles. The smallest absolute Gasteiger partial charge is 0.463 e. The molecule has 4 atom stereocenters. The summed E-state index contributed by atoms with van der Waals surface area (Å²) >= 11 is 0. The third kappa shape index (κ3) is 9.13. The average Bonchev–Trinajstić information content (AvgIpc) is 2.61. The van der Waals surface area contributed by atoms with Crippen LogP contribution in [0.2, 0.25) is 0 Å². The molecule has 28 heavy (non-hydrogen) atoms. The van der Waals surface area contributed by atoms with Crippen LogP contribution in [0.5, 0.6) is 0 Å². The van der Waals surface area contributed by atoms with Gasteiger partial charge in [0.25, 0.3) is 0 Å². The van der Waals surface area contributed by atoms with Crippen molar-refractivity contribution in [2.24, 2.45) is 0 Å². The fraction of sp³-hybridized carbons (Fsp3) is 0.750. The number of carbonyl (C=O) groups excluding carboxylic acids is 4. The monoisotopic (exact) mass is 415 g/mol. The number of rotatable bonds is 12. The van der Waals surface area contributed by atoms with E-state index in [1.54, 1.807) is 13.8 Å². The Morgan fingerprint density at radius 2 is 1.61 bits per heavy atom. The first-order valence-corrected chi connectivity index (χ1v) is 8.52. The molecule has 9 nitrogen and oxygen atoms in total. The first-order valence-electron chi connectivity index (χ1n) is 8.52. The van der Waals surface area contributed by atoms with Gasteiger partial charge in [-0.1, -0.05) is 13.8 Å². The van der Waals surface area contributed by atoms with Gasteiger partial charge in [-0.3, -0.25) is 14.4 Å². The minimum Gasteiger partial charge on any atom is -0.463 e. The Balaban J connectivity index is 5.32. The van der Waals surface area contributed by atoms with Gasteiger partial charge in [-0.15, -0.1) is 0 Å². The van der Waals surface area contributed by atoms with Crippen LogP contribution in [0.25, 0.3) is 0 Å². The Bertz CT molecular complexity index is 540. The second-order valence-corrected chi connectivity index (χ2v) is 5.83. The molecule has 0 aliphatic heterocycles. The number of aliphatic hydroxyl groups is 2. The van der Waals surface area contributed by atoms with E-state index in [0.717, 1.165) is 0 Å². The molecule has 0 spiro atoms. The van der Waals surface area contributed by atoms with Gasteiger partial charge in [-0.25, -0.2) is 0 Å². The van der Waals surface area contributed by atoms with Gasteiger partial charge in [0, 0.05) is 12.8 Å². The van der Waals surface area contributed by atoms with Crippen LogP contribution in [-0.2, 0) is 28.7 Å². The summed E-state index contributed by atoms with van der Waals surface area (Å²) in [6.45, 7) is 2.56. The van der Waals surface area contributed by atoms with Gasteiger partial charge in [-0.05, 0) is 12.8 Å². The molecule has 12 heteroatoms. The van der Waals surface area contributed by atoms with Crippen molar-refractivity contribution in [3.8, 4) is 0 Å². The Kier molecular flexibility index (Phi) is 11.3. The van der Waals surface area contributed by atoms with E-state index < -0.39 is 55.0 Å². The highest BCUT2D eigenvalue weighted by Crippen LogP contribution is 2.17. The van der Waals surface area contributed by atoms with Crippen LogP contribution in [0.3, 0.4) is 0 Å². The van der Waals surface area contributed by atoms with E-state index in [2.05, 4.69) is 0 Å². The van der Waals surface area contributed by atoms with Gasteiger partial charge in [0.2, 0.25) is 0 Å². The zero-order valence-electron chi connectivity index (χ0n) is 15.4. The molecular weight excluding hydrogens is 391 g/mol. The van der Waals surface area contributed by atoms with Crippen molar-refractivity contribution < 1.29 is 52.0 Å². The number of amides is 1. The minimum absolute atomic E-state index is 0.0220. The average molecular weight is 415 g/mol. The molecule has 0 radical (unpaired) electrons. The number of hydrogen-bond donors (Lipinski definition) is 3. The Labute approximate surface area is 159 Å². The van der Waals surface area contributed by atoms with Crippen molar-refractivity contribution >= 4 is 24.1 Å². The number of aliphatic hydroxyl groups excluding tert-OH is 2. The molecule has 0 fully saturated rings. The van der Waals surface area contributed by atoms with Crippen molar-refractivity contribution in [3.63, 3.8) is 0 Å². The van der Waals surface area contributed by atoms with Crippen LogP contribution in [0, 0.1) is 0 Å². The molecular formula is C16H24F3NO8. The van der Waals surface area contributed by atoms with E-state index in [-0.39, 0.29) is 19.1 Å². The van der Waals surface area contributed by atoms with Gasteiger partial charge in [0.1, 0.15) is 31.1 Å². The quantitative estimate of drug-likeness (QED) is 0.299. The summed E-state index contributed by atoms with van der Waals surface area (Å²) in [6, 6.07) is -2.14. The summed E-state index contributed by atoms with van der Waals surface area (Å²) < 4.78 is 46.6. The third-order valence-electron chi connectivity index (χ3n) is 3.38. The molecule has 0 aliphatic rings. The molecule has 0 aromatic rings. The molecule has 0 unspecified atom stereocenters. The molecule has 0 saturated carbocycles. The topological polar surface area (TPSA) is 139 Å². The second-order valence-electron chi connectivity index (χ2n) is 5.83. The number of ether oxygens (including phenoxy) is 2. The molecule has 0 saturated heterocycles. The predicted molar refractivity (Wildman–Crippen MR) is 86.7 cm³/mol. The SMILES string of the molecule is CCCC(=O)OC[C@@H](O)[C@@H](OC(=O)CCC)[C@H](O)[C@H](C=O)NC(=O)C(F)(F)F. The summed E-state index contributed by atoms with van der Waals surface area (Å²) in [5, 5.41) is 21.5. The van der Waals surface area contributed by atoms with E-state index in [9.17, 15) is 42.6 Å². The number of esters is 2. The summed E-state index contributed by atoms with van der Waals surface area (Å²) in [5.41, 5.74) is 0. The molecule has 162 valence electrons. The predicted octanol–water partition coefficient (Wildman–Crippen LogP) is 0.00940. The second kappa shape index (κ2) is 12.3. The molecule has 0 aromatic carbocycles. The lowest BCUT2D eigenvalue weighted by molar-refractivity contribution is -0.180. The number of hydrogen-bond acceptors (Lipinski definition) is 8. The number of aldehydes is 1. The van der Waals surface area contributed by atoms with Gasteiger partial charge >= 0.3 is 24.0 Å². The normalized spacial score (nSPS) is 15.7. The molecule has 0 bridgehead atoms. The van der Waals surface area contributed by atoms with Crippen molar-refractivity contribution in [2.75, 3.05) is 6.61 Å². The fourth-order valence-electron chi connectivity index (χ4n) is 1.98. The highest BCUT2D eigenvalue weighted by Gasteiger charge is 2.43. The number of nitrogens with one attached hydrogen (secondary N) is 1. The molecule has 1 amide bonds. The maximum atomic E-state index is 12.4. The zero-order valence-corrected chi connectivity index (χ0v) is 15.4. The largest absolute Gasteiger partial charge is 0.471 e. The molecule has 3 N–H and O–H groups in total. The molecule has 0 rings (SSSR count). The Morgan fingerprint density at radius 1 is 1.07 bits per heavy atom. The van der Waals surface area contributed by atoms with Gasteiger partial charge < -0.3 is 29.8 Å². The van der Waals surface area contributed by atoms with Gasteiger partial charge in [0.05, 0.1) is 0 Å². The maximum absolute atomic E-state index is 12.4. The minimum atomic E-state index is -5.33. The van der Waals surface area contributed by atoms with Crippen LogP contribution >= 0.6 is 0 Å². The number of carbonyl (C=O) groups is 4. The summed E-state index contributed by atoms with van der Waals surface area (Å²) in [6.07, 6.45) is -10.9. The first kappa shape index (κ1) is 25.8. The lowest BCUT2D eigenvalue weighted by atomic mass is 10.0. The van der Waals surface area contributed by atoms with Gasteiger partial charge in [0.15, 0.2) is 6.10 Å². The molecule has 0 aromatic heterocycles. The highest BCUT2D eigenvalue weighted by atomic mass is 19.4. The van der Waals surface area contributed by atoms with Crippen molar-refractivity contribution in [3.05, 3.63) is 0 Å². The van der Waals surface area contributed by atoms with Crippen LogP contribution in [0.1, 0.15) is 39.5 Å². The van der Waals surface area contributed by atoms with Crippen LogP contribution in [0.15, 0.2) is 0 Å². The van der Waals surface area contributed by atoms with Crippen LogP contribution in [-0.4, -0.2) is 71.5 Å². The number of alkyl halides is 3.